The smallest absolute Gasteiger partial charge is 0.410 e. The van der Waals surface area contributed by atoms with Gasteiger partial charge in [0.2, 0.25) is 0 Å². The topological polar surface area (TPSA) is 38.8 Å². The molecule has 4 heteroatoms. The van der Waals surface area contributed by atoms with Gasteiger partial charge in [-0.05, 0) is 58.8 Å². The number of likely N-dealkylation sites (tertiary alicyclic amines) is 1. The van der Waals surface area contributed by atoms with Crippen molar-refractivity contribution in [1.82, 2.24) is 4.90 Å². The van der Waals surface area contributed by atoms with E-state index in [1.54, 1.807) is 0 Å². The Balaban J connectivity index is 1.96. The Morgan fingerprint density at radius 2 is 1.75 bits per heavy atom. The molecule has 1 amide bonds. The van der Waals surface area contributed by atoms with Crippen molar-refractivity contribution < 1.29 is 14.3 Å². The Kier molecular flexibility index (Phi) is 6.97. The summed E-state index contributed by atoms with van der Waals surface area (Å²) < 4.78 is 12.0. The molecule has 24 heavy (non-hydrogen) atoms. The van der Waals surface area contributed by atoms with Crippen molar-refractivity contribution >= 4 is 6.09 Å². The number of carbonyl (C=O) groups is 1. The summed E-state index contributed by atoms with van der Waals surface area (Å²) in [5.74, 6) is 0.670. The van der Waals surface area contributed by atoms with Crippen LogP contribution in [0.25, 0.3) is 0 Å². The van der Waals surface area contributed by atoms with Crippen LogP contribution in [-0.4, -0.2) is 41.9 Å². The Morgan fingerprint density at radius 3 is 2.29 bits per heavy atom. The zero-order valence-electron chi connectivity index (χ0n) is 16.2. The Morgan fingerprint density at radius 1 is 1.12 bits per heavy atom. The number of rotatable bonds is 5. The zero-order chi connectivity index (χ0) is 17.6. The largest absolute Gasteiger partial charge is 0.444 e. The van der Waals surface area contributed by atoms with Crippen LogP contribution in [0.1, 0.15) is 85.5 Å². The lowest BCUT2D eigenvalue weighted by Crippen LogP contribution is -2.53. The first-order chi connectivity index (χ1) is 11.4. The molecule has 1 aliphatic carbocycles. The lowest BCUT2D eigenvalue weighted by molar-refractivity contribution is -0.128. The summed E-state index contributed by atoms with van der Waals surface area (Å²) in [6, 6.07) is 0. The fourth-order valence-corrected chi connectivity index (χ4v) is 4.11. The molecular weight excluding hydrogens is 302 g/mol. The number of ether oxygens (including phenoxy) is 2. The van der Waals surface area contributed by atoms with Crippen LogP contribution < -0.4 is 0 Å². The van der Waals surface area contributed by atoms with Gasteiger partial charge in [0.25, 0.3) is 0 Å². The number of carbonyl (C=O) groups excluding carboxylic acids is 1. The van der Waals surface area contributed by atoms with Crippen LogP contribution in [0.15, 0.2) is 0 Å². The SMILES string of the molecule is CCCCOC1(C2CCCCC2)CCN(C(=O)OC(C)(C)C)CC1. The van der Waals surface area contributed by atoms with Crippen molar-refractivity contribution in [1.29, 1.82) is 0 Å². The van der Waals surface area contributed by atoms with Crippen LogP contribution in [0, 0.1) is 5.92 Å². The van der Waals surface area contributed by atoms with E-state index in [1.165, 1.54) is 38.5 Å². The summed E-state index contributed by atoms with van der Waals surface area (Å²) in [6.07, 6.45) is 10.7. The first-order valence-corrected chi connectivity index (χ1v) is 9.98. The van der Waals surface area contributed by atoms with Crippen molar-refractivity contribution in [3.05, 3.63) is 0 Å². The third-order valence-electron chi connectivity index (χ3n) is 5.50. The summed E-state index contributed by atoms with van der Waals surface area (Å²) >= 11 is 0. The third kappa shape index (κ3) is 5.37. The van der Waals surface area contributed by atoms with Crippen molar-refractivity contribution in [3.63, 3.8) is 0 Å². The van der Waals surface area contributed by atoms with Crippen LogP contribution >= 0.6 is 0 Å². The van der Waals surface area contributed by atoms with Gasteiger partial charge in [-0.2, -0.15) is 0 Å². The molecule has 0 atom stereocenters. The predicted molar refractivity (Wildman–Crippen MR) is 97.2 cm³/mol. The number of piperidine rings is 1. The first-order valence-electron chi connectivity index (χ1n) is 9.98. The van der Waals surface area contributed by atoms with Crippen LogP contribution in [-0.2, 0) is 9.47 Å². The Labute approximate surface area is 148 Å². The van der Waals surface area contributed by atoms with Crippen LogP contribution in [0.5, 0.6) is 0 Å². The average molecular weight is 340 g/mol. The molecule has 0 aromatic rings. The maximum Gasteiger partial charge on any atom is 0.410 e. The molecule has 0 N–H and O–H groups in total. The van der Waals surface area contributed by atoms with E-state index in [-0.39, 0.29) is 11.7 Å². The predicted octanol–water partition coefficient (Wildman–Crippen LogP) is 5.15. The van der Waals surface area contributed by atoms with E-state index in [4.69, 9.17) is 9.47 Å². The molecule has 2 rings (SSSR count). The van der Waals surface area contributed by atoms with E-state index < -0.39 is 5.60 Å². The van der Waals surface area contributed by atoms with Gasteiger partial charge >= 0.3 is 6.09 Å². The Hall–Kier alpha value is -0.770. The summed E-state index contributed by atoms with van der Waals surface area (Å²) in [7, 11) is 0. The third-order valence-corrected chi connectivity index (χ3v) is 5.50. The highest BCUT2D eigenvalue weighted by Gasteiger charge is 2.43. The highest BCUT2D eigenvalue weighted by Crippen LogP contribution is 2.42. The van der Waals surface area contributed by atoms with Crippen molar-refractivity contribution in [2.75, 3.05) is 19.7 Å². The average Bonchev–Trinajstić information content (AvgIpc) is 2.55. The quantitative estimate of drug-likeness (QED) is 0.650. The fraction of sp³-hybridized carbons (Fsp3) is 0.950. The monoisotopic (exact) mass is 339 g/mol. The number of unbranched alkanes of at least 4 members (excludes halogenated alkanes) is 1. The van der Waals surface area contributed by atoms with Crippen LogP contribution in [0.2, 0.25) is 0 Å². The zero-order valence-corrected chi connectivity index (χ0v) is 16.2. The highest BCUT2D eigenvalue weighted by molar-refractivity contribution is 5.68. The maximum absolute atomic E-state index is 12.3. The summed E-state index contributed by atoms with van der Waals surface area (Å²) in [5, 5.41) is 0. The molecule has 4 nitrogen and oxygen atoms in total. The second kappa shape index (κ2) is 8.55. The van der Waals surface area contributed by atoms with Crippen molar-refractivity contribution in [3.8, 4) is 0 Å². The van der Waals surface area contributed by atoms with E-state index in [0.29, 0.717) is 5.92 Å². The molecule has 1 heterocycles. The molecule has 0 spiro atoms. The summed E-state index contributed by atoms with van der Waals surface area (Å²) in [5.41, 5.74) is -0.430. The molecule has 1 saturated carbocycles. The number of nitrogens with zero attached hydrogens (tertiary/aromatic N) is 1. The summed E-state index contributed by atoms with van der Waals surface area (Å²) in [4.78, 5) is 14.2. The minimum atomic E-state index is -0.424. The lowest BCUT2D eigenvalue weighted by atomic mass is 9.72. The van der Waals surface area contributed by atoms with Crippen molar-refractivity contribution in [2.45, 2.75) is 96.7 Å². The molecule has 1 saturated heterocycles. The maximum atomic E-state index is 12.3. The van der Waals surface area contributed by atoms with E-state index in [1.807, 2.05) is 25.7 Å². The standard InChI is InChI=1S/C20H37NO3/c1-5-6-16-23-20(17-10-8-7-9-11-17)12-14-21(15-13-20)18(22)24-19(2,3)4/h17H,5-16H2,1-4H3. The number of hydrogen-bond acceptors (Lipinski definition) is 3. The van der Waals surface area contributed by atoms with Gasteiger partial charge in [-0.3, -0.25) is 0 Å². The molecule has 0 unspecified atom stereocenters. The van der Waals surface area contributed by atoms with Gasteiger partial charge in [-0.1, -0.05) is 32.6 Å². The summed E-state index contributed by atoms with van der Waals surface area (Å²) in [6.45, 7) is 10.4. The second-order valence-electron chi connectivity index (χ2n) is 8.57. The minimum absolute atomic E-state index is 0.00585. The van der Waals surface area contributed by atoms with Gasteiger partial charge in [0.05, 0.1) is 5.60 Å². The molecule has 1 aliphatic heterocycles. The number of amides is 1. The first kappa shape index (κ1) is 19.6. The molecular formula is C20H37NO3. The lowest BCUT2D eigenvalue weighted by Gasteiger charge is -2.47. The van der Waals surface area contributed by atoms with Gasteiger partial charge in [0.1, 0.15) is 5.60 Å². The van der Waals surface area contributed by atoms with E-state index in [0.717, 1.165) is 39.0 Å². The van der Waals surface area contributed by atoms with Gasteiger partial charge in [0, 0.05) is 19.7 Å². The van der Waals surface area contributed by atoms with Gasteiger partial charge < -0.3 is 14.4 Å². The van der Waals surface area contributed by atoms with E-state index in [2.05, 4.69) is 6.92 Å². The van der Waals surface area contributed by atoms with Gasteiger partial charge in [-0.15, -0.1) is 0 Å². The molecule has 0 aromatic heterocycles. The van der Waals surface area contributed by atoms with E-state index in [9.17, 15) is 4.79 Å². The molecule has 2 aliphatic rings. The van der Waals surface area contributed by atoms with Gasteiger partial charge in [-0.25, -0.2) is 4.79 Å². The molecule has 0 radical (unpaired) electrons. The second-order valence-corrected chi connectivity index (χ2v) is 8.57. The normalized spacial score (nSPS) is 22.4. The van der Waals surface area contributed by atoms with E-state index >= 15 is 0 Å². The highest BCUT2D eigenvalue weighted by atomic mass is 16.6. The number of hydrogen-bond donors (Lipinski definition) is 0. The fourth-order valence-electron chi connectivity index (χ4n) is 4.11. The van der Waals surface area contributed by atoms with Crippen LogP contribution in [0.3, 0.4) is 0 Å². The molecule has 140 valence electrons. The van der Waals surface area contributed by atoms with Gasteiger partial charge in [0.15, 0.2) is 0 Å². The van der Waals surface area contributed by atoms with Crippen molar-refractivity contribution in [2.24, 2.45) is 5.92 Å². The molecule has 2 fully saturated rings. The molecule has 0 bridgehead atoms. The molecule has 0 aromatic carbocycles. The Bertz CT molecular complexity index is 388. The minimum Gasteiger partial charge on any atom is -0.444 e. The van der Waals surface area contributed by atoms with Crippen LogP contribution in [0.4, 0.5) is 4.79 Å².